The van der Waals surface area contributed by atoms with Gasteiger partial charge in [-0.05, 0) is 55.3 Å². The minimum Gasteiger partial charge on any atom is -0.394 e. The van der Waals surface area contributed by atoms with E-state index in [1.165, 1.54) is 12.1 Å². The molecule has 3 rings (SSSR count). The monoisotopic (exact) mass is 391 g/mol. The van der Waals surface area contributed by atoms with E-state index < -0.39 is 5.91 Å². The molecule has 1 aliphatic rings. The van der Waals surface area contributed by atoms with Crippen molar-refractivity contribution in [2.24, 2.45) is 0 Å². The van der Waals surface area contributed by atoms with Crippen LogP contribution in [-0.4, -0.2) is 41.0 Å². The first kappa shape index (κ1) is 18.7. The van der Waals surface area contributed by atoms with Crippen molar-refractivity contribution < 1.29 is 14.7 Å². The Labute approximate surface area is 161 Å². The summed E-state index contributed by atoms with van der Waals surface area (Å²) in [6, 6.07) is 12.1. The summed E-state index contributed by atoms with van der Waals surface area (Å²) in [7, 11) is 0. The van der Waals surface area contributed by atoms with Gasteiger partial charge in [0.15, 0.2) is 0 Å². The summed E-state index contributed by atoms with van der Waals surface area (Å²) in [6.07, 6.45) is 1.66. The van der Waals surface area contributed by atoms with Gasteiger partial charge >= 0.3 is 0 Å². The Kier molecular flexibility index (Phi) is 5.81. The van der Waals surface area contributed by atoms with Crippen molar-refractivity contribution >= 4 is 40.7 Å². The number of anilines is 1. The minimum absolute atomic E-state index is 0.0546. The molecule has 0 spiro atoms. The van der Waals surface area contributed by atoms with E-state index in [4.69, 9.17) is 23.2 Å². The Morgan fingerprint density at radius 1 is 1.27 bits per heavy atom. The number of amides is 2. The highest BCUT2D eigenvalue weighted by Crippen LogP contribution is 2.23. The SMILES string of the molecule is O=C(Nc1c[c]cc(C(=O)N2CCC[C@@H]2CO)c1)c1ccc(Cl)cc1Cl. The number of benzene rings is 2. The van der Waals surface area contributed by atoms with E-state index in [9.17, 15) is 14.7 Å². The van der Waals surface area contributed by atoms with Gasteiger partial charge in [0, 0.05) is 22.8 Å². The molecule has 2 amide bonds. The lowest BCUT2D eigenvalue weighted by Crippen LogP contribution is -2.37. The molecular weight excluding hydrogens is 375 g/mol. The summed E-state index contributed by atoms with van der Waals surface area (Å²) in [5.74, 6) is -0.586. The topological polar surface area (TPSA) is 69.6 Å². The number of hydrogen-bond donors (Lipinski definition) is 2. The summed E-state index contributed by atoms with van der Waals surface area (Å²) in [6.45, 7) is 0.558. The summed E-state index contributed by atoms with van der Waals surface area (Å²) in [4.78, 5) is 26.7. The standard InChI is InChI=1S/C19H17Cl2N2O3/c20-13-6-7-16(17(21)10-13)18(25)22-14-4-1-3-12(9-14)19(26)23-8-2-5-15(23)11-24/h3-4,6-7,9-10,15,24H,2,5,8,11H2,(H,22,25)/t15-/m1/s1. The Morgan fingerprint density at radius 2 is 2.08 bits per heavy atom. The number of hydrogen-bond acceptors (Lipinski definition) is 3. The van der Waals surface area contributed by atoms with Crippen molar-refractivity contribution in [3.63, 3.8) is 0 Å². The van der Waals surface area contributed by atoms with Gasteiger partial charge in [-0.3, -0.25) is 9.59 Å². The van der Waals surface area contributed by atoms with Gasteiger partial charge in [-0.25, -0.2) is 0 Å². The Morgan fingerprint density at radius 3 is 2.81 bits per heavy atom. The van der Waals surface area contributed by atoms with Crippen molar-refractivity contribution in [3.8, 4) is 0 Å². The van der Waals surface area contributed by atoms with Crippen LogP contribution in [0, 0.1) is 6.07 Å². The van der Waals surface area contributed by atoms with Crippen LogP contribution in [0.1, 0.15) is 33.6 Å². The molecule has 0 aromatic heterocycles. The molecule has 1 saturated heterocycles. The second-order valence-electron chi connectivity index (χ2n) is 6.07. The average molecular weight is 392 g/mol. The molecule has 1 fully saturated rings. The Balaban J connectivity index is 1.77. The molecule has 7 heteroatoms. The van der Waals surface area contributed by atoms with Crippen LogP contribution in [0.5, 0.6) is 0 Å². The quantitative estimate of drug-likeness (QED) is 0.835. The van der Waals surface area contributed by atoms with E-state index in [0.29, 0.717) is 22.8 Å². The smallest absolute Gasteiger partial charge is 0.257 e. The van der Waals surface area contributed by atoms with Crippen LogP contribution in [0.25, 0.3) is 0 Å². The van der Waals surface area contributed by atoms with Gasteiger partial charge in [-0.1, -0.05) is 23.2 Å². The van der Waals surface area contributed by atoms with Crippen LogP contribution in [0.15, 0.2) is 36.4 Å². The third-order valence-electron chi connectivity index (χ3n) is 4.32. The molecule has 0 bridgehead atoms. The van der Waals surface area contributed by atoms with E-state index in [0.717, 1.165) is 12.8 Å². The first-order valence-electron chi connectivity index (χ1n) is 8.19. The highest BCUT2D eigenvalue weighted by atomic mass is 35.5. The van der Waals surface area contributed by atoms with Crippen molar-refractivity contribution in [2.75, 3.05) is 18.5 Å². The van der Waals surface area contributed by atoms with Crippen LogP contribution >= 0.6 is 23.2 Å². The lowest BCUT2D eigenvalue weighted by atomic mass is 10.1. The number of nitrogens with zero attached hydrogens (tertiary/aromatic N) is 1. The van der Waals surface area contributed by atoms with Crippen LogP contribution in [0.3, 0.4) is 0 Å². The second-order valence-corrected chi connectivity index (χ2v) is 6.91. The minimum atomic E-state index is -0.404. The fourth-order valence-corrected chi connectivity index (χ4v) is 3.49. The molecule has 1 heterocycles. The number of rotatable bonds is 4. The maximum atomic E-state index is 12.7. The highest BCUT2D eigenvalue weighted by molar-refractivity contribution is 6.37. The van der Waals surface area contributed by atoms with E-state index >= 15 is 0 Å². The average Bonchev–Trinajstić information content (AvgIpc) is 3.09. The molecule has 0 saturated carbocycles. The highest BCUT2D eigenvalue weighted by Gasteiger charge is 2.28. The summed E-state index contributed by atoms with van der Waals surface area (Å²) in [5.41, 5.74) is 1.13. The fraction of sp³-hybridized carbons (Fsp3) is 0.263. The first-order valence-corrected chi connectivity index (χ1v) is 8.94. The predicted octanol–water partition coefficient (Wildman–Crippen LogP) is 3.64. The summed E-state index contributed by atoms with van der Waals surface area (Å²) >= 11 is 11.9. The zero-order valence-electron chi connectivity index (χ0n) is 13.8. The van der Waals surface area contributed by atoms with Gasteiger partial charge in [0.25, 0.3) is 11.8 Å². The molecular formula is C19H17Cl2N2O3. The van der Waals surface area contributed by atoms with Crippen LogP contribution in [0.4, 0.5) is 5.69 Å². The van der Waals surface area contributed by atoms with Crippen molar-refractivity contribution in [1.82, 2.24) is 4.90 Å². The zero-order chi connectivity index (χ0) is 18.7. The van der Waals surface area contributed by atoms with Gasteiger partial charge in [0.05, 0.1) is 23.2 Å². The molecule has 26 heavy (non-hydrogen) atoms. The summed E-state index contributed by atoms with van der Waals surface area (Å²) < 4.78 is 0. The molecule has 5 nitrogen and oxygen atoms in total. The van der Waals surface area contributed by atoms with E-state index in [-0.39, 0.29) is 29.1 Å². The number of likely N-dealkylation sites (tertiary alicyclic amines) is 1. The van der Waals surface area contributed by atoms with Crippen LogP contribution < -0.4 is 5.32 Å². The fourth-order valence-electron chi connectivity index (χ4n) is 3.00. The first-order chi connectivity index (χ1) is 12.5. The predicted molar refractivity (Wildman–Crippen MR) is 101 cm³/mol. The van der Waals surface area contributed by atoms with Gasteiger partial charge in [0.2, 0.25) is 0 Å². The normalized spacial score (nSPS) is 16.6. The van der Waals surface area contributed by atoms with Gasteiger partial charge in [0.1, 0.15) is 0 Å². The lowest BCUT2D eigenvalue weighted by Gasteiger charge is -2.23. The van der Waals surface area contributed by atoms with Gasteiger partial charge in [-0.15, -0.1) is 0 Å². The molecule has 0 unspecified atom stereocenters. The third-order valence-corrected chi connectivity index (χ3v) is 4.87. The van der Waals surface area contributed by atoms with Crippen molar-refractivity contribution in [1.29, 1.82) is 0 Å². The maximum absolute atomic E-state index is 12.7. The number of aliphatic hydroxyl groups excluding tert-OH is 1. The lowest BCUT2D eigenvalue weighted by molar-refractivity contribution is 0.0677. The van der Waals surface area contributed by atoms with Crippen LogP contribution in [-0.2, 0) is 0 Å². The van der Waals surface area contributed by atoms with E-state index in [1.54, 1.807) is 29.2 Å². The molecule has 2 N–H and O–H groups in total. The Hall–Kier alpha value is -2.08. The molecule has 135 valence electrons. The zero-order valence-corrected chi connectivity index (χ0v) is 15.3. The van der Waals surface area contributed by atoms with Crippen molar-refractivity contribution in [3.05, 3.63) is 63.6 Å². The largest absolute Gasteiger partial charge is 0.394 e. The van der Waals surface area contributed by atoms with E-state index in [1.807, 2.05) is 0 Å². The molecule has 1 atom stereocenters. The molecule has 2 aromatic carbocycles. The number of carbonyl (C=O) groups is 2. The molecule has 0 aliphatic carbocycles. The molecule has 1 radical (unpaired) electrons. The number of carbonyl (C=O) groups excluding carboxylic acids is 2. The second kappa shape index (κ2) is 8.08. The third kappa shape index (κ3) is 4.01. The molecule has 1 aliphatic heterocycles. The number of aliphatic hydroxyl groups is 1. The Bertz CT molecular complexity index is 841. The molecule has 2 aromatic rings. The number of halogens is 2. The summed E-state index contributed by atoms with van der Waals surface area (Å²) in [5, 5.41) is 12.8. The van der Waals surface area contributed by atoms with E-state index in [2.05, 4.69) is 11.4 Å². The van der Waals surface area contributed by atoms with Gasteiger partial charge < -0.3 is 15.3 Å². The van der Waals surface area contributed by atoms with Crippen molar-refractivity contribution in [2.45, 2.75) is 18.9 Å². The number of nitrogens with one attached hydrogen (secondary N) is 1. The maximum Gasteiger partial charge on any atom is 0.257 e. The van der Waals surface area contributed by atoms with Gasteiger partial charge in [-0.2, -0.15) is 0 Å². The van der Waals surface area contributed by atoms with Crippen LogP contribution in [0.2, 0.25) is 10.0 Å².